The van der Waals surface area contributed by atoms with Crippen LogP contribution in [0.3, 0.4) is 0 Å². The summed E-state index contributed by atoms with van der Waals surface area (Å²) in [6, 6.07) is 8.49. The number of nitrogens with one attached hydrogen (secondary N) is 1. The summed E-state index contributed by atoms with van der Waals surface area (Å²) in [5, 5.41) is 8.19. The number of amides is 1. The van der Waals surface area contributed by atoms with E-state index in [9.17, 15) is 4.79 Å². The van der Waals surface area contributed by atoms with Crippen molar-refractivity contribution in [3.05, 3.63) is 35.9 Å². The minimum Gasteiger partial charge on any atom is -0.288 e. The molecule has 1 amide bonds. The molecule has 0 saturated heterocycles. The van der Waals surface area contributed by atoms with Crippen LogP contribution >= 0.6 is 0 Å². The molecule has 11 heavy (non-hydrogen) atoms. The van der Waals surface area contributed by atoms with E-state index in [4.69, 9.17) is 5.21 Å². The maximum absolute atomic E-state index is 10.7. The van der Waals surface area contributed by atoms with E-state index in [0.29, 0.717) is 5.56 Å². The molecule has 4 heteroatoms. The molecule has 0 fully saturated rings. The number of hydroxylamine groups is 1. The van der Waals surface area contributed by atoms with Gasteiger partial charge in [-0.25, -0.2) is 5.48 Å². The van der Waals surface area contributed by atoms with Crippen molar-refractivity contribution < 1.29 is 26.8 Å². The Labute approximate surface area is 74.6 Å². The fourth-order valence-electron chi connectivity index (χ4n) is 0.654. The van der Waals surface area contributed by atoms with Crippen LogP contribution in [0.4, 0.5) is 0 Å². The summed E-state index contributed by atoms with van der Waals surface area (Å²) in [4.78, 5) is 10.7. The molecule has 0 aliphatic rings. The van der Waals surface area contributed by atoms with E-state index in [-0.39, 0.29) is 16.8 Å². The molecule has 1 radical (unpaired) electrons. The first-order chi connectivity index (χ1) is 4.84. The van der Waals surface area contributed by atoms with E-state index < -0.39 is 5.91 Å². The second-order valence-corrected chi connectivity index (χ2v) is 1.81. The van der Waals surface area contributed by atoms with Gasteiger partial charge in [-0.2, -0.15) is 0 Å². The van der Waals surface area contributed by atoms with Gasteiger partial charge in [-0.3, -0.25) is 10.0 Å². The fraction of sp³-hybridized carbons (Fsp3) is 0. The molecule has 0 aliphatic carbocycles. The molecule has 0 atom stereocenters. The molecule has 0 spiro atoms. The van der Waals surface area contributed by atoms with Crippen LogP contribution in [0.5, 0.6) is 0 Å². The van der Waals surface area contributed by atoms with Crippen LogP contribution < -0.4 is 5.48 Å². The van der Waals surface area contributed by atoms with E-state index >= 15 is 0 Å². The first kappa shape index (κ1) is 10.2. The zero-order chi connectivity index (χ0) is 7.40. The monoisotopic (exact) mass is 196 g/mol. The Morgan fingerprint density at radius 1 is 1.27 bits per heavy atom. The zero-order valence-electron chi connectivity index (χ0n) is 5.58. The SMILES string of the molecule is O=C(NO)c1ccccc1.[Co]. The molecule has 0 heterocycles. The van der Waals surface area contributed by atoms with E-state index in [1.54, 1.807) is 35.8 Å². The minimum atomic E-state index is -0.486. The van der Waals surface area contributed by atoms with Gasteiger partial charge in [0, 0.05) is 22.3 Å². The second kappa shape index (κ2) is 4.89. The van der Waals surface area contributed by atoms with Crippen LogP contribution in [-0.2, 0) is 16.8 Å². The predicted octanol–water partition coefficient (Wildman–Crippen LogP) is 0.803. The summed E-state index contributed by atoms with van der Waals surface area (Å²) in [5.74, 6) is -0.486. The molecule has 0 aromatic heterocycles. The van der Waals surface area contributed by atoms with Crippen molar-refractivity contribution >= 4 is 5.91 Å². The molecule has 0 saturated carbocycles. The van der Waals surface area contributed by atoms with Crippen molar-refractivity contribution in [2.24, 2.45) is 0 Å². The molecular formula is C7H7CoNO2. The normalized spacial score (nSPS) is 8.09. The van der Waals surface area contributed by atoms with Crippen LogP contribution in [0.2, 0.25) is 0 Å². The summed E-state index contributed by atoms with van der Waals surface area (Å²) in [5.41, 5.74) is 1.99. The quantitative estimate of drug-likeness (QED) is 0.515. The van der Waals surface area contributed by atoms with Gasteiger partial charge in [0.2, 0.25) is 0 Å². The topological polar surface area (TPSA) is 49.3 Å². The largest absolute Gasteiger partial charge is 0.288 e. The van der Waals surface area contributed by atoms with Gasteiger partial charge in [-0.05, 0) is 12.1 Å². The van der Waals surface area contributed by atoms with Gasteiger partial charge in [0.25, 0.3) is 5.91 Å². The zero-order valence-corrected chi connectivity index (χ0v) is 6.62. The Morgan fingerprint density at radius 3 is 2.27 bits per heavy atom. The molecular weight excluding hydrogens is 189 g/mol. The molecule has 1 rings (SSSR count). The number of carbonyl (C=O) groups is 1. The third-order valence-electron chi connectivity index (χ3n) is 1.14. The van der Waals surface area contributed by atoms with Gasteiger partial charge in [0.05, 0.1) is 0 Å². The summed E-state index contributed by atoms with van der Waals surface area (Å²) < 4.78 is 0. The third kappa shape index (κ3) is 2.71. The standard InChI is InChI=1S/C7H7NO2.Co/c9-7(8-10)6-4-2-1-3-5-6;/h1-5,10H,(H,8,9);. The first-order valence-corrected chi connectivity index (χ1v) is 2.84. The van der Waals surface area contributed by atoms with Gasteiger partial charge >= 0.3 is 0 Å². The van der Waals surface area contributed by atoms with Crippen LogP contribution in [0.15, 0.2) is 30.3 Å². The van der Waals surface area contributed by atoms with Gasteiger partial charge < -0.3 is 0 Å². The van der Waals surface area contributed by atoms with E-state index in [0.717, 1.165) is 0 Å². The molecule has 0 unspecified atom stereocenters. The van der Waals surface area contributed by atoms with Crippen molar-refractivity contribution in [1.29, 1.82) is 0 Å². The average molecular weight is 196 g/mol. The van der Waals surface area contributed by atoms with Gasteiger partial charge in [0.15, 0.2) is 0 Å². The maximum atomic E-state index is 10.7. The number of rotatable bonds is 1. The second-order valence-electron chi connectivity index (χ2n) is 1.81. The molecule has 61 valence electrons. The number of hydrogen-bond donors (Lipinski definition) is 2. The van der Waals surface area contributed by atoms with Crippen LogP contribution in [0.1, 0.15) is 10.4 Å². The van der Waals surface area contributed by atoms with Crippen molar-refractivity contribution in [3.63, 3.8) is 0 Å². The van der Waals surface area contributed by atoms with Crippen molar-refractivity contribution in [2.45, 2.75) is 0 Å². The molecule has 1 aromatic carbocycles. The Hall–Kier alpha value is -0.844. The average Bonchev–Trinajstić information content (AvgIpc) is 2.05. The summed E-state index contributed by atoms with van der Waals surface area (Å²) in [6.45, 7) is 0. The van der Waals surface area contributed by atoms with E-state index in [2.05, 4.69) is 0 Å². The third-order valence-corrected chi connectivity index (χ3v) is 1.14. The Morgan fingerprint density at radius 2 is 1.82 bits per heavy atom. The molecule has 1 aromatic rings. The van der Waals surface area contributed by atoms with Crippen molar-refractivity contribution in [3.8, 4) is 0 Å². The first-order valence-electron chi connectivity index (χ1n) is 2.84. The molecule has 3 nitrogen and oxygen atoms in total. The summed E-state index contributed by atoms with van der Waals surface area (Å²) in [7, 11) is 0. The van der Waals surface area contributed by atoms with Crippen molar-refractivity contribution in [2.75, 3.05) is 0 Å². The Kier molecular flexibility index (Phi) is 4.52. The van der Waals surface area contributed by atoms with Gasteiger partial charge in [-0.1, -0.05) is 18.2 Å². The smallest absolute Gasteiger partial charge is 0.274 e. The molecule has 0 bridgehead atoms. The number of carbonyl (C=O) groups excluding carboxylic acids is 1. The maximum Gasteiger partial charge on any atom is 0.274 e. The van der Waals surface area contributed by atoms with Crippen molar-refractivity contribution in [1.82, 2.24) is 5.48 Å². The summed E-state index contributed by atoms with van der Waals surface area (Å²) >= 11 is 0. The number of hydrogen-bond acceptors (Lipinski definition) is 2. The summed E-state index contributed by atoms with van der Waals surface area (Å²) in [6.07, 6.45) is 0. The van der Waals surface area contributed by atoms with Crippen LogP contribution in [0, 0.1) is 0 Å². The Bertz CT molecular complexity index is 225. The predicted molar refractivity (Wildman–Crippen MR) is 35.7 cm³/mol. The molecule has 2 N–H and O–H groups in total. The molecule has 0 aliphatic heterocycles. The number of benzene rings is 1. The van der Waals surface area contributed by atoms with Gasteiger partial charge in [0.1, 0.15) is 0 Å². The Balaban J connectivity index is 0.000001000. The van der Waals surface area contributed by atoms with E-state index in [1.165, 1.54) is 0 Å². The van der Waals surface area contributed by atoms with Crippen LogP contribution in [-0.4, -0.2) is 11.1 Å². The minimum absolute atomic E-state index is 0. The van der Waals surface area contributed by atoms with E-state index in [1.807, 2.05) is 0 Å². The van der Waals surface area contributed by atoms with Gasteiger partial charge in [-0.15, -0.1) is 0 Å². The van der Waals surface area contributed by atoms with Crippen LogP contribution in [0.25, 0.3) is 0 Å². The fourth-order valence-corrected chi connectivity index (χ4v) is 0.654.